The molecule has 1 heterocycles. The van der Waals surface area contributed by atoms with Crippen molar-refractivity contribution in [2.45, 2.75) is 6.92 Å². The Morgan fingerprint density at radius 3 is 2.16 bits per heavy atom. The van der Waals surface area contributed by atoms with Gasteiger partial charge in [-0.15, -0.1) is 11.3 Å². The van der Waals surface area contributed by atoms with Crippen LogP contribution in [0.1, 0.15) is 6.92 Å². The van der Waals surface area contributed by atoms with Gasteiger partial charge in [0.05, 0.1) is 11.3 Å². The van der Waals surface area contributed by atoms with Gasteiger partial charge in [0, 0.05) is 17.9 Å². The van der Waals surface area contributed by atoms with Crippen LogP contribution in [0.4, 0.5) is 22.7 Å². The molecule has 1 amide bonds. The summed E-state index contributed by atoms with van der Waals surface area (Å²) in [5, 5.41) is 3.86. The maximum Gasteiger partial charge on any atom is 0.223 e. The van der Waals surface area contributed by atoms with Gasteiger partial charge in [0.1, 0.15) is 0 Å². The summed E-state index contributed by atoms with van der Waals surface area (Å²) in [7, 11) is 0. The predicted molar refractivity (Wildman–Crippen MR) is 87.1 cm³/mol. The van der Waals surface area contributed by atoms with Crippen LogP contribution in [0, 0.1) is 23.3 Å². The quantitative estimate of drug-likeness (QED) is 0.403. The number of benzene rings is 2. The first-order valence-electron chi connectivity index (χ1n) is 7.05. The summed E-state index contributed by atoms with van der Waals surface area (Å²) in [5.41, 5.74) is -0.878. The fourth-order valence-corrected chi connectivity index (χ4v) is 3.09. The van der Waals surface area contributed by atoms with Crippen LogP contribution >= 0.6 is 11.3 Å². The Morgan fingerprint density at radius 1 is 0.960 bits per heavy atom. The Kier molecular flexibility index (Phi) is 4.54. The summed E-state index contributed by atoms with van der Waals surface area (Å²) in [4.78, 5) is 15.0. The van der Waals surface area contributed by atoms with Gasteiger partial charge in [-0.05, 0) is 5.56 Å². The molecule has 25 heavy (non-hydrogen) atoms. The Labute approximate surface area is 144 Å². The molecule has 0 fully saturated rings. The highest BCUT2D eigenvalue weighted by molar-refractivity contribution is 7.14. The van der Waals surface area contributed by atoms with Gasteiger partial charge in [-0.3, -0.25) is 4.79 Å². The number of nitrogens with zero attached hydrogens (tertiary/aromatic N) is 1. The van der Waals surface area contributed by atoms with E-state index in [1.165, 1.54) is 24.4 Å². The highest BCUT2D eigenvalue weighted by atomic mass is 32.1. The van der Waals surface area contributed by atoms with E-state index in [1.807, 2.05) is 0 Å². The predicted octanol–water partition coefficient (Wildman–Crippen LogP) is 4.99. The topological polar surface area (TPSA) is 42.0 Å². The number of hydrogen-bond acceptors (Lipinski definition) is 3. The van der Waals surface area contributed by atoms with E-state index in [4.69, 9.17) is 0 Å². The fraction of sp³-hybridized carbons (Fsp3) is 0.0588. The molecule has 0 aliphatic carbocycles. The number of amides is 1. The van der Waals surface area contributed by atoms with Gasteiger partial charge in [-0.1, -0.05) is 30.3 Å². The van der Waals surface area contributed by atoms with Crippen LogP contribution in [0.2, 0.25) is 0 Å². The van der Waals surface area contributed by atoms with Gasteiger partial charge in [0.2, 0.25) is 5.91 Å². The standard InChI is InChI=1S/C17H10F4N2OS/c1-8(24)22-17-23-10(7-25-17)12-11(9-5-3-2-4-6-9)13(18)15(20)16(21)14(12)19/h2-7H,1H3,(H,22,23,24). The first-order chi connectivity index (χ1) is 11.9. The fourth-order valence-electron chi connectivity index (χ4n) is 2.34. The summed E-state index contributed by atoms with van der Waals surface area (Å²) in [6, 6.07) is 7.65. The molecule has 0 aliphatic rings. The lowest BCUT2D eigenvalue weighted by Crippen LogP contribution is -2.06. The molecule has 0 unspecified atom stereocenters. The minimum Gasteiger partial charge on any atom is -0.302 e. The van der Waals surface area contributed by atoms with E-state index >= 15 is 0 Å². The summed E-state index contributed by atoms with van der Waals surface area (Å²) < 4.78 is 56.4. The van der Waals surface area contributed by atoms with Crippen LogP contribution < -0.4 is 5.32 Å². The lowest BCUT2D eigenvalue weighted by Gasteiger charge is -2.12. The van der Waals surface area contributed by atoms with Crippen molar-refractivity contribution in [3.63, 3.8) is 0 Å². The Morgan fingerprint density at radius 2 is 1.56 bits per heavy atom. The zero-order valence-corrected chi connectivity index (χ0v) is 13.6. The maximum absolute atomic E-state index is 14.4. The van der Waals surface area contributed by atoms with Crippen LogP contribution in [-0.2, 0) is 4.79 Å². The number of carbonyl (C=O) groups excluding carboxylic acids is 1. The van der Waals surface area contributed by atoms with Crippen molar-refractivity contribution < 1.29 is 22.4 Å². The molecule has 8 heteroatoms. The second-order valence-electron chi connectivity index (χ2n) is 5.09. The van der Waals surface area contributed by atoms with Crippen molar-refractivity contribution >= 4 is 22.4 Å². The molecule has 1 aromatic heterocycles. The summed E-state index contributed by atoms with van der Waals surface area (Å²) in [6.07, 6.45) is 0. The smallest absolute Gasteiger partial charge is 0.223 e. The van der Waals surface area contributed by atoms with Crippen molar-refractivity contribution in [1.82, 2.24) is 4.98 Å². The molecule has 0 bridgehead atoms. The Bertz CT molecular complexity index is 957. The average molecular weight is 366 g/mol. The van der Waals surface area contributed by atoms with Crippen LogP contribution in [-0.4, -0.2) is 10.9 Å². The number of anilines is 1. The van der Waals surface area contributed by atoms with Crippen molar-refractivity contribution in [3.8, 4) is 22.4 Å². The van der Waals surface area contributed by atoms with E-state index in [0.29, 0.717) is 0 Å². The average Bonchev–Trinajstić information content (AvgIpc) is 3.04. The molecule has 0 atom stereocenters. The van der Waals surface area contributed by atoms with Gasteiger partial charge >= 0.3 is 0 Å². The summed E-state index contributed by atoms with van der Waals surface area (Å²) in [5.74, 6) is -7.26. The molecule has 2 aromatic carbocycles. The largest absolute Gasteiger partial charge is 0.302 e. The third-order valence-electron chi connectivity index (χ3n) is 3.37. The monoisotopic (exact) mass is 366 g/mol. The van der Waals surface area contributed by atoms with Crippen LogP contribution in [0.15, 0.2) is 35.7 Å². The number of aromatic nitrogens is 1. The highest BCUT2D eigenvalue weighted by Crippen LogP contribution is 2.39. The number of nitrogens with one attached hydrogen (secondary N) is 1. The highest BCUT2D eigenvalue weighted by Gasteiger charge is 2.28. The van der Waals surface area contributed by atoms with E-state index in [2.05, 4.69) is 10.3 Å². The number of carbonyl (C=O) groups is 1. The Balaban J connectivity index is 2.28. The van der Waals surface area contributed by atoms with Gasteiger partial charge in [0.25, 0.3) is 0 Å². The van der Waals surface area contributed by atoms with Crippen molar-refractivity contribution in [1.29, 1.82) is 0 Å². The van der Waals surface area contributed by atoms with Crippen LogP contribution in [0.5, 0.6) is 0 Å². The SMILES string of the molecule is CC(=O)Nc1nc(-c2c(F)c(F)c(F)c(F)c2-c2ccccc2)cs1. The molecule has 0 radical (unpaired) electrons. The van der Waals surface area contributed by atoms with Crippen molar-refractivity contribution in [2.24, 2.45) is 0 Å². The van der Waals surface area contributed by atoms with Crippen LogP contribution in [0.3, 0.4) is 0 Å². The molecule has 0 saturated carbocycles. The normalized spacial score (nSPS) is 10.8. The molecule has 3 aromatic rings. The molecule has 0 spiro atoms. The minimum absolute atomic E-state index is 0.108. The molecule has 0 aliphatic heterocycles. The zero-order valence-electron chi connectivity index (χ0n) is 12.7. The lowest BCUT2D eigenvalue weighted by molar-refractivity contribution is -0.114. The molecule has 128 valence electrons. The van der Waals surface area contributed by atoms with E-state index in [0.717, 1.165) is 11.3 Å². The second-order valence-corrected chi connectivity index (χ2v) is 5.95. The first-order valence-corrected chi connectivity index (χ1v) is 7.93. The van der Waals surface area contributed by atoms with Crippen molar-refractivity contribution in [3.05, 3.63) is 59.0 Å². The first kappa shape index (κ1) is 17.1. The molecular weight excluding hydrogens is 356 g/mol. The van der Waals surface area contributed by atoms with E-state index in [9.17, 15) is 22.4 Å². The molecule has 3 nitrogen and oxygen atoms in total. The molecule has 3 rings (SSSR count). The number of halogens is 4. The lowest BCUT2D eigenvalue weighted by atomic mass is 9.96. The van der Waals surface area contributed by atoms with Gasteiger partial charge < -0.3 is 5.32 Å². The number of rotatable bonds is 3. The number of hydrogen-bond donors (Lipinski definition) is 1. The van der Waals surface area contributed by atoms with E-state index in [1.54, 1.807) is 18.2 Å². The molecule has 1 N–H and O–H groups in total. The van der Waals surface area contributed by atoms with Gasteiger partial charge in [-0.2, -0.15) is 0 Å². The van der Waals surface area contributed by atoms with Crippen molar-refractivity contribution in [2.75, 3.05) is 5.32 Å². The zero-order chi connectivity index (χ0) is 18.1. The van der Waals surface area contributed by atoms with Crippen LogP contribution in [0.25, 0.3) is 22.4 Å². The Hall–Kier alpha value is -2.74. The van der Waals surface area contributed by atoms with E-state index < -0.39 is 40.3 Å². The summed E-state index contributed by atoms with van der Waals surface area (Å²) >= 11 is 0.953. The molecule has 0 saturated heterocycles. The van der Waals surface area contributed by atoms with Gasteiger partial charge in [0.15, 0.2) is 28.4 Å². The number of thiazole rings is 1. The second kappa shape index (κ2) is 6.64. The van der Waals surface area contributed by atoms with E-state index in [-0.39, 0.29) is 16.4 Å². The van der Waals surface area contributed by atoms with Gasteiger partial charge in [-0.25, -0.2) is 22.5 Å². The third kappa shape index (κ3) is 3.12. The minimum atomic E-state index is -1.92. The summed E-state index contributed by atoms with van der Waals surface area (Å²) in [6.45, 7) is 1.26. The third-order valence-corrected chi connectivity index (χ3v) is 4.13. The maximum atomic E-state index is 14.4. The molecular formula is C17H10F4N2OS.